The summed E-state index contributed by atoms with van der Waals surface area (Å²) in [4.78, 5) is 6.61. The molecular weight excluding hydrogens is 441 g/mol. The van der Waals surface area contributed by atoms with Crippen molar-refractivity contribution in [2.75, 3.05) is 32.0 Å². The number of aryl methyl sites for hydroxylation is 1. The number of alkyl halides is 1. The van der Waals surface area contributed by atoms with Crippen molar-refractivity contribution in [3.8, 4) is 11.5 Å². The summed E-state index contributed by atoms with van der Waals surface area (Å²) >= 11 is 0. The first kappa shape index (κ1) is 23.4. The van der Waals surface area contributed by atoms with E-state index in [2.05, 4.69) is 22.0 Å². The van der Waals surface area contributed by atoms with Crippen LogP contribution < -0.4 is 10.5 Å². The predicted octanol–water partition coefficient (Wildman–Crippen LogP) is 5.48. The number of nitrogen functional groups attached to an aromatic ring is 1. The smallest absolute Gasteiger partial charge is 0.123 e. The number of nitrogens with zero attached hydrogens (tertiary/aromatic N) is 2. The molecule has 6 heteroatoms. The average Bonchev–Trinajstić information content (AvgIpc) is 3.22. The highest BCUT2D eigenvalue weighted by Gasteiger charge is 2.24. The van der Waals surface area contributed by atoms with Gasteiger partial charge in [-0.1, -0.05) is 18.2 Å². The summed E-state index contributed by atoms with van der Waals surface area (Å²) in [5.74, 6) is 1.65. The van der Waals surface area contributed by atoms with Gasteiger partial charge in [-0.3, -0.25) is 9.29 Å². The summed E-state index contributed by atoms with van der Waals surface area (Å²) in [6.45, 7) is 2.33. The Bertz CT molecular complexity index is 1190. The zero-order chi connectivity index (χ0) is 24.2. The molecule has 1 atom stereocenters. The van der Waals surface area contributed by atoms with Crippen LogP contribution in [0.15, 0.2) is 60.8 Å². The third-order valence-corrected chi connectivity index (χ3v) is 6.95. The molecule has 1 saturated heterocycles. The number of hydrogen-bond donors (Lipinski definition) is 2. The fourth-order valence-electron chi connectivity index (χ4n) is 5.25. The normalized spacial score (nSPS) is 18.4. The molecule has 3 aromatic rings. The fourth-order valence-corrected chi connectivity index (χ4v) is 5.25. The molecule has 3 N–H and O–H groups in total. The van der Waals surface area contributed by atoms with Crippen molar-refractivity contribution in [1.29, 1.82) is 0 Å². The minimum atomic E-state index is -0.267. The first-order valence-corrected chi connectivity index (χ1v) is 12.4. The monoisotopic (exact) mass is 473 g/mol. The number of aromatic nitrogens is 1. The predicted molar refractivity (Wildman–Crippen MR) is 138 cm³/mol. The molecular formula is C29H32FN3O2. The average molecular weight is 474 g/mol. The van der Waals surface area contributed by atoms with E-state index >= 15 is 0 Å². The van der Waals surface area contributed by atoms with Gasteiger partial charge in [-0.25, -0.2) is 4.98 Å². The molecule has 5 rings (SSSR count). The number of halogens is 1. The maximum absolute atomic E-state index is 12.5. The Morgan fingerprint density at radius 1 is 1.06 bits per heavy atom. The number of pyridine rings is 1. The van der Waals surface area contributed by atoms with Gasteiger partial charge in [-0.15, -0.1) is 0 Å². The third-order valence-electron chi connectivity index (χ3n) is 6.95. The van der Waals surface area contributed by atoms with E-state index in [-0.39, 0.29) is 12.8 Å². The molecule has 0 spiro atoms. The Kier molecular flexibility index (Phi) is 7.00. The summed E-state index contributed by atoms with van der Waals surface area (Å²) in [6.07, 6.45) is 6.33. The van der Waals surface area contributed by atoms with Crippen LogP contribution in [0.4, 0.5) is 10.2 Å². The fraction of sp³-hybridized carbons (Fsp3) is 0.345. The number of phenolic OH excluding ortho intramolecular Hbond substituents is 1. The van der Waals surface area contributed by atoms with Gasteiger partial charge in [-0.2, -0.15) is 0 Å². The zero-order valence-electron chi connectivity index (χ0n) is 19.9. The molecule has 1 aromatic heterocycles. The molecule has 1 fully saturated rings. The number of hydrogen-bond acceptors (Lipinski definition) is 5. The largest absolute Gasteiger partial charge is 0.508 e. The molecule has 0 amide bonds. The van der Waals surface area contributed by atoms with Gasteiger partial charge in [0.15, 0.2) is 0 Å². The van der Waals surface area contributed by atoms with Crippen LogP contribution in [0, 0.1) is 0 Å². The maximum Gasteiger partial charge on any atom is 0.123 e. The van der Waals surface area contributed by atoms with Crippen molar-refractivity contribution in [1.82, 2.24) is 9.88 Å². The van der Waals surface area contributed by atoms with Crippen LogP contribution in [-0.4, -0.2) is 47.4 Å². The van der Waals surface area contributed by atoms with Crippen LogP contribution in [0.25, 0.3) is 11.1 Å². The molecule has 1 aliphatic heterocycles. The first-order valence-electron chi connectivity index (χ1n) is 12.4. The topological polar surface area (TPSA) is 71.6 Å². The number of phenols is 1. The maximum atomic E-state index is 12.5. The van der Waals surface area contributed by atoms with Gasteiger partial charge in [0.05, 0.1) is 6.67 Å². The number of rotatable bonds is 7. The van der Waals surface area contributed by atoms with Gasteiger partial charge in [0, 0.05) is 25.8 Å². The van der Waals surface area contributed by atoms with E-state index in [0.29, 0.717) is 18.0 Å². The van der Waals surface area contributed by atoms with Crippen molar-refractivity contribution in [3.63, 3.8) is 0 Å². The molecule has 0 radical (unpaired) electrons. The van der Waals surface area contributed by atoms with Crippen LogP contribution in [0.5, 0.6) is 11.5 Å². The number of ether oxygens (including phenoxy) is 1. The van der Waals surface area contributed by atoms with Crippen molar-refractivity contribution in [2.24, 2.45) is 0 Å². The number of anilines is 1. The SMILES string of the molecule is Nc1ccc(C2=C(c3ccc(O[C@H]4CCN(CCCF)C4)cc3)c3ccc(O)cc3CCC2)cn1. The Hall–Kier alpha value is -3.38. The van der Waals surface area contributed by atoms with Crippen LogP contribution in [0.1, 0.15) is 47.9 Å². The highest BCUT2D eigenvalue weighted by atomic mass is 19.1. The second kappa shape index (κ2) is 10.5. The molecule has 182 valence electrons. The lowest BCUT2D eigenvalue weighted by molar-refractivity contribution is 0.198. The van der Waals surface area contributed by atoms with E-state index in [9.17, 15) is 9.50 Å². The quantitative estimate of drug-likeness (QED) is 0.476. The molecule has 0 unspecified atom stereocenters. The van der Waals surface area contributed by atoms with E-state index in [0.717, 1.165) is 78.9 Å². The highest BCUT2D eigenvalue weighted by molar-refractivity contribution is 6.00. The molecule has 2 heterocycles. The minimum Gasteiger partial charge on any atom is -0.508 e. The number of likely N-dealkylation sites (tertiary alicyclic amines) is 1. The van der Waals surface area contributed by atoms with Crippen molar-refractivity contribution in [3.05, 3.63) is 83.0 Å². The Morgan fingerprint density at radius 2 is 1.89 bits per heavy atom. The minimum absolute atomic E-state index is 0.137. The first-order chi connectivity index (χ1) is 17.1. The number of fused-ring (bicyclic) bond motifs is 1. The van der Waals surface area contributed by atoms with Gasteiger partial charge >= 0.3 is 0 Å². The van der Waals surface area contributed by atoms with E-state index < -0.39 is 0 Å². The van der Waals surface area contributed by atoms with Gasteiger partial charge in [0.25, 0.3) is 0 Å². The van der Waals surface area contributed by atoms with E-state index in [1.54, 1.807) is 6.07 Å². The van der Waals surface area contributed by atoms with Crippen LogP contribution in [-0.2, 0) is 6.42 Å². The molecule has 2 aliphatic rings. The molecule has 1 aliphatic carbocycles. The summed E-state index contributed by atoms with van der Waals surface area (Å²) in [5.41, 5.74) is 12.7. The van der Waals surface area contributed by atoms with Gasteiger partial charge < -0.3 is 15.6 Å². The lowest BCUT2D eigenvalue weighted by Gasteiger charge is -2.18. The summed E-state index contributed by atoms with van der Waals surface area (Å²) in [7, 11) is 0. The van der Waals surface area contributed by atoms with Crippen LogP contribution in [0.2, 0.25) is 0 Å². The number of benzene rings is 2. The van der Waals surface area contributed by atoms with Gasteiger partial charge in [0.1, 0.15) is 23.4 Å². The van der Waals surface area contributed by atoms with Gasteiger partial charge in [0.2, 0.25) is 0 Å². The number of nitrogens with two attached hydrogens (primary N) is 1. The second-order valence-corrected chi connectivity index (χ2v) is 9.42. The lowest BCUT2D eigenvalue weighted by atomic mass is 9.88. The Labute approximate surface area is 206 Å². The molecule has 35 heavy (non-hydrogen) atoms. The zero-order valence-corrected chi connectivity index (χ0v) is 19.9. The summed E-state index contributed by atoms with van der Waals surface area (Å²) in [5, 5.41) is 10.1. The summed E-state index contributed by atoms with van der Waals surface area (Å²) in [6, 6.07) is 17.9. The third kappa shape index (κ3) is 5.33. The molecule has 0 bridgehead atoms. The molecule has 2 aromatic carbocycles. The van der Waals surface area contributed by atoms with Crippen LogP contribution in [0.3, 0.4) is 0 Å². The van der Waals surface area contributed by atoms with E-state index in [1.807, 2.05) is 42.6 Å². The second-order valence-electron chi connectivity index (χ2n) is 9.42. The Morgan fingerprint density at radius 3 is 2.66 bits per heavy atom. The highest BCUT2D eigenvalue weighted by Crippen LogP contribution is 2.41. The molecule has 0 saturated carbocycles. The van der Waals surface area contributed by atoms with Crippen molar-refractivity contribution in [2.45, 2.75) is 38.2 Å². The Balaban J connectivity index is 1.46. The van der Waals surface area contributed by atoms with E-state index in [4.69, 9.17) is 10.5 Å². The standard InChI is InChI=1S/C29H32FN3O2/c30-14-2-15-33-16-13-25(19-33)35-24-9-5-20(6-10-24)29-26(22-7-12-28(31)32-18-22)4-1-3-21-17-23(34)8-11-27(21)29/h5-12,17-18,25,34H,1-4,13-16,19H2,(H2,31,32)/t25-/m0/s1. The van der Waals surface area contributed by atoms with Crippen molar-refractivity contribution < 1.29 is 14.2 Å². The van der Waals surface area contributed by atoms with E-state index in [1.165, 1.54) is 5.57 Å². The molecule has 5 nitrogen and oxygen atoms in total. The number of aromatic hydroxyl groups is 1. The van der Waals surface area contributed by atoms with Gasteiger partial charge in [-0.05, 0) is 102 Å². The lowest BCUT2D eigenvalue weighted by Crippen LogP contribution is -2.26. The summed E-state index contributed by atoms with van der Waals surface area (Å²) < 4.78 is 18.7. The number of allylic oxidation sites excluding steroid dienone is 1. The van der Waals surface area contributed by atoms with Crippen molar-refractivity contribution >= 4 is 17.0 Å². The van der Waals surface area contributed by atoms with Crippen LogP contribution >= 0.6 is 0 Å².